The second-order valence-corrected chi connectivity index (χ2v) is 12.6. The van der Waals surface area contributed by atoms with Gasteiger partial charge in [0.05, 0.1) is 66.4 Å². The zero-order chi connectivity index (χ0) is 37.5. The third kappa shape index (κ3) is 25.4. The van der Waals surface area contributed by atoms with Crippen LogP contribution in [0.2, 0.25) is 0 Å². The van der Waals surface area contributed by atoms with Crippen LogP contribution in [0.3, 0.4) is 0 Å². The molecule has 2 heterocycles. The van der Waals surface area contributed by atoms with Gasteiger partial charge in [0.2, 0.25) is 0 Å². The van der Waals surface area contributed by atoms with Crippen LogP contribution in [0.25, 0.3) is 5.32 Å². The molecule has 2 aliphatic heterocycles. The number of imide groups is 1. The molecule has 0 bridgehead atoms. The van der Waals surface area contributed by atoms with Crippen molar-refractivity contribution in [2.45, 2.75) is 105 Å². The summed E-state index contributed by atoms with van der Waals surface area (Å²) in [4.78, 5) is 65.5. The second-order valence-electron chi connectivity index (χ2n) is 11.3. The molecule has 0 atom stereocenters. The summed E-state index contributed by atoms with van der Waals surface area (Å²) in [6.07, 6.45) is 18.5. The summed E-state index contributed by atoms with van der Waals surface area (Å²) in [5.74, 6) is -2.04. The number of carbonyl (C=O) groups excluding carboxylic acids is 6. The Labute approximate surface area is 318 Å². The number of quaternary nitrogens is 1. The van der Waals surface area contributed by atoms with E-state index in [2.05, 4.69) is 63.7 Å². The summed E-state index contributed by atoms with van der Waals surface area (Å²) in [7, 11) is 4.09. The minimum absolute atomic E-state index is 0. The quantitative estimate of drug-likeness (QED) is 0.0254. The van der Waals surface area contributed by atoms with E-state index in [0.29, 0.717) is 12.8 Å². The van der Waals surface area contributed by atoms with Gasteiger partial charge < -0.3 is 47.9 Å². The number of methoxy groups -OCH3 is 4. The van der Waals surface area contributed by atoms with Gasteiger partial charge in [-0.1, -0.05) is 53.4 Å². The molecule has 0 aromatic heterocycles. The molecule has 2 saturated heterocycles. The molecule has 2 rings (SSSR count). The SMILES string of the molecule is C1CCSC1.CCCC[N+](CCCC)(CCCC)CCCC.COC(=O)[C-]=C(C(=O)OC)C(=[C-]C(=O)OC)C(=O)OC.O=C1CCC(=O)[N-]1.[Pd+2]. The zero-order valence-electron chi connectivity index (χ0n) is 31.4. The smallest absolute Gasteiger partial charge is 0.596 e. The van der Waals surface area contributed by atoms with Gasteiger partial charge in [-0.25, -0.2) is 11.1 Å². The van der Waals surface area contributed by atoms with E-state index in [4.69, 9.17) is 0 Å². The predicted octanol–water partition coefficient (Wildman–Crippen LogP) is 5.86. The fourth-order valence-electron chi connectivity index (χ4n) is 4.56. The summed E-state index contributed by atoms with van der Waals surface area (Å²) in [5, 5.41) is 3.11. The third-order valence-electron chi connectivity index (χ3n) is 7.43. The maximum Gasteiger partial charge on any atom is 2.00 e. The molecule has 0 saturated carbocycles. The number of rotatable bonds is 17. The van der Waals surface area contributed by atoms with Gasteiger partial charge in [-0.2, -0.15) is 11.8 Å². The maximum absolute atomic E-state index is 11.5. The monoisotopic (exact) mass is 818 g/mol. The minimum Gasteiger partial charge on any atom is -0.596 e. The second kappa shape index (κ2) is 33.6. The van der Waals surface area contributed by atoms with Crippen LogP contribution in [0.15, 0.2) is 11.1 Å². The average Bonchev–Trinajstić information content (AvgIpc) is 3.83. The van der Waals surface area contributed by atoms with Gasteiger partial charge in [-0.05, 0) is 62.9 Å². The van der Waals surface area contributed by atoms with Crippen molar-refractivity contribution in [3.63, 3.8) is 0 Å². The van der Waals surface area contributed by atoms with Crippen LogP contribution in [-0.4, -0.2) is 106 Å². The van der Waals surface area contributed by atoms with Crippen molar-refractivity contribution >= 4 is 47.5 Å². The Hall–Kier alpha value is -2.53. The first-order chi connectivity index (χ1) is 23.4. The molecule has 50 heavy (non-hydrogen) atoms. The van der Waals surface area contributed by atoms with Crippen molar-refractivity contribution < 1.29 is 72.6 Å². The van der Waals surface area contributed by atoms with Crippen molar-refractivity contribution in [1.29, 1.82) is 0 Å². The molecule has 2 aliphatic rings. The number of ether oxygens (including phenoxy) is 4. The van der Waals surface area contributed by atoms with Crippen molar-refractivity contribution in [2.24, 2.45) is 0 Å². The number of nitrogens with zero attached hydrogens (tertiary/aromatic N) is 2. The number of carbonyl (C=O) groups is 6. The van der Waals surface area contributed by atoms with Gasteiger partial charge in [0.15, 0.2) is 11.9 Å². The normalized spacial score (nSPS) is 13.8. The van der Waals surface area contributed by atoms with Gasteiger partial charge in [-0.15, -0.1) is 12.2 Å². The molecule has 290 valence electrons. The van der Waals surface area contributed by atoms with Gasteiger partial charge >= 0.3 is 20.4 Å². The fraction of sp³-hybridized carbons (Fsp3) is 0.722. The Morgan fingerprint density at radius 2 is 0.940 bits per heavy atom. The van der Waals surface area contributed by atoms with E-state index in [9.17, 15) is 28.8 Å². The third-order valence-corrected chi connectivity index (χ3v) is 8.58. The van der Waals surface area contributed by atoms with Crippen molar-refractivity contribution in [3.8, 4) is 0 Å². The van der Waals surface area contributed by atoms with Gasteiger partial charge in [0.1, 0.15) is 0 Å². The Bertz CT molecular complexity index is 958. The van der Waals surface area contributed by atoms with E-state index in [0.717, 1.165) is 28.4 Å². The van der Waals surface area contributed by atoms with Crippen LogP contribution < -0.4 is 0 Å². The van der Waals surface area contributed by atoms with Gasteiger partial charge in [0.25, 0.3) is 11.9 Å². The Morgan fingerprint density at radius 1 is 0.620 bits per heavy atom. The van der Waals surface area contributed by atoms with Crippen LogP contribution in [-0.2, 0) is 68.1 Å². The van der Waals surface area contributed by atoms with E-state index in [1.165, 1.54) is 106 Å². The van der Waals surface area contributed by atoms with Crippen LogP contribution >= 0.6 is 11.8 Å². The largest absolute Gasteiger partial charge is 2.00 e. The number of hydrogen-bond donors (Lipinski definition) is 0. The van der Waals surface area contributed by atoms with E-state index in [1.54, 1.807) is 0 Å². The fourth-order valence-corrected chi connectivity index (χ4v) is 5.58. The first-order valence-electron chi connectivity index (χ1n) is 17.2. The van der Waals surface area contributed by atoms with E-state index >= 15 is 0 Å². The molecule has 0 aliphatic carbocycles. The molecule has 14 heteroatoms. The number of amides is 2. The zero-order valence-corrected chi connectivity index (χ0v) is 33.8. The molecule has 0 aromatic carbocycles. The molecule has 0 radical (unpaired) electrons. The molecule has 2 fully saturated rings. The van der Waals surface area contributed by atoms with Crippen LogP contribution in [0.1, 0.15) is 105 Å². The van der Waals surface area contributed by atoms with E-state index in [1.807, 2.05) is 12.2 Å². The standard InChI is InChI=1S/C16H36N.C12H12O8.C4H5NO2.C4H8S.Pd/c1-5-9-13-17(14-10-6-2,15-11-7-3)16-12-8-4;1-17-9(13)5-7(11(15)19-3)8(12(16)20-4)6-10(14)18-2;6-3-1-2-4(7)5-3;1-2-4-5-3-1;/h5-16H2,1-4H3;1-4H3;1-2H2,(H,5,6,7);1-4H2;/q+1;-2;;;+2/p-1. The van der Waals surface area contributed by atoms with Crippen LogP contribution in [0.4, 0.5) is 0 Å². The molecular formula is C36H60N2O10PdS. The summed E-state index contributed by atoms with van der Waals surface area (Å²) in [5.41, 5.74) is -1.34. The Kier molecular flexibility index (Phi) is 34.8. The average molecular weight is 819 g/mol. The number of thioether (sulfide) groups is 1. The van der Waals surface area contributed by atoms with Crippen molar-refractivity contribution in [3.05, 3.63) is 28.6 Å². The topological polar surface area (TPSA) is 153 Å². The number of esters is 4. The first kappa shape index (κ1) is 51.8. The molecule has 0 N–H and O–H groups in total. The molecule has 0 unspecified atom stereocenters. The van der Waals surface area contributed by atoms with Gasteiger partial charge in [0, 0.05) is 0 Å². The summed E-state index contributed by atoms with van der Waals surface area (Å²) < 4.78 is 18.7. The van der Waals surface area contributed by atoms with Crippen molar-refractivity contribution in [1.82, 2.24) is 0 Å². The number of hydrogen-bond acceptors (Lipinski definition) is 11. The van der Waals surface area contributed by atoms with Gasteiger partial charge in [-0.3, -0.25) is 9.59 Å². The predicted molar refractivity (Wildman–Crippen MR) is 190 cm³/mol. The minimum atomic E-state index is -1.10. The summed E-state index contributed by atoms with van der Waals surface area (Å²) >= 11 is 2.07. The molecule has 2 amide bonds. The molecule has 12 nitrogen and oxygen atoms in total. The van der Waals surface area contributed by atoms with Crippen LogP contribution in [0, 0.1) is 12.2 Å². The maximum atomic E-state index is 11.5. The summed E-state index contributed by atoms with van der Waals surface area (Å²) in [6.45, 7) is 15.0. The van der Waals surface area contributed by atoms with Crippen LogP contribution in [0.5, 0.6) is 0 Å². The summed E-state index contributed by atoms with van der Waals surface area (Å²) in [6, 6.07) is 0. The van der Waals surface area contributed by atoms with Crippen molar-refractivity contribution in [2.75, 3.05) is 66.1 Å². The molecule has 0 spiro atoms. The Morgan fingerprint density at radius 3 is 1.12 bits per heavy atom. The first-order valence-corrected chi connectivity index (χ1v) is 18.4. The Balaban J connectivity index is -0.000000654. The van der Waals surface area contributed by atoms with E-state index in [-0.39, 0.29) is 32.2 Å². The molecular weight excluding hydrogens is 759 g/mol. The van der Waals surface area contributed by atoms with E-state index < -0.39 is 35.0 Å². The number of unbranched alkanes of at least 4 members (excludes halogenated alkanes) is 4. The molecule has 0 aromatic rings.